The zero-order chi connectivity index (χ0) is 19.6. The Morgan fingerprint density at radius 1 is 1.11 bits per heavy atom. The van der Waals surface area contributed by atoms with Gasteiger partial charge in [-0.05, 0) is 62.0 Å². The second-order valence-corrected chi connectivity index (χ2v) is 8.20. The summed E-state index contributed by atoms with van der Waals surface area (Å²) in [5.74, 6) is 0. The van der Waals surface area contributed by atoms with Gasteiger partial charge >= 0.3 is 0 Å². The maximum Gasteiger partial charge on any atom is 0.175 e. The number of anilines is 2. The van der Waals surface area contributed by atoms with Crippen LogP contribution in [0.4, 0.5) is 11.4 Å². The van der Waals surface area contributed by atoms with Crippen molar-refractivity contribution in [1.29, 1.82) is 0 Å². The van der Waals surface area contributed by atoms with Gasteiger partial charge in [-0.25, -0.2) is 0 Å². The Bertz CT molecular complexity index is 986. The fourth-order valence-corrected chi connectivity index (χ4v) is 3.47. The fraction of sp³-hybridized carbons (Fsp3) is 0.158. The first-order chi connectivity index (χ1) is 12.8. The highest BCUT2D eigenvalue weighted by molar-refractivity contribution is 9.10. The minimum absolute atomic E-state index is 0.425. The lowest BCUT2D eigenvalue weighted by Crippen LogP contribution is -2.20. The van der Waals surface area contributed by atoms with Crippen molar-refractivity contribution >= 4 is 67.8 Å². The molecular weight excluding hydrogens is 467 g/mol. The van der Waals surface area contributed by atoms with Crippen LogP contribution in [0.3, 0.4) is 0 Å². The number of aryl methyl sites for hydroxylation is 1. The van der Waals surface area contributed by atoms with E-state index in [-0.39, 0.29) is 0 Å². The molecule has 1 aromatic heterocycles. The summed E-state index contributed by atoms with van der Waals surface area (Å²) in [7, 11) is 0. The molecule has 0 fully saturated rings. The Morgan fingerprint density at radius 2 is 1.81 bits per heavy atom. The number of nitrogens with one attached hydrogen (secondary N) is 2. The monoisotopic (exact) mass is 482 g/mol. The van der Waals surface area contributed by atoms with Gasteiger partial charge in [0, 0.05) is 9.50 Å². The molecule has 8 heteroatoms. The molecule has 0 aliphatic carbocycles. The number of rotatable bonds is 4. The molecule has 0 aliphatic heterocycles. The topological polar surface area (TPSA) is 41.9 Å². The Balaban J connectivity index is 1.75. The van der Waals surface area contributed by atoms with E-state index in [1.54, 1.807) is 18.2 Å². The average molecular weight is 484 g/mol. The molecule has 0 spiro atoms. The molecule has 3 rings (SSSR count). The quantitative estimate of drug-likeness (QED) is 0.419. The van der Waals surface area contributed by atoms with Gasteiger partial charge in [-0.3, -0.25) is 4.68 Å². The van der Waals surface area contributed by atoms with Gasteiger partial charge in [0.1, 0.15) is 0 Å². The number of halogens is 3. The molecule has 0 bridgehead atoms. The Hall–Kier alpha value is -1.60. The molecule has 4 nitrogen and oxygen atoms in total. The maximum atomic E-state index is 6.18. The van der Waals surface area contributed by atoms with Gasteiger partial charge in [-0.2, -0.15) is 5.10 Å². The zero-order valence-corrected chi connectivity index (χ0v) is 18.6. The Kier molecular flexibility index (Phi) is 6.42. The van der Waals surface area contributed by atoms with Crippen LogP contribution in [-0.2, 0) is 6.54 Å². The van der Waals surface area contributed by atoms with Crippen LogP contribution < -0.4 is 10.6 Å². The number of hydrogen-bond acceptors (Lipinski definition) is 2. The van der Waals surface area contributed by atoms with E-state index in [2.05, 4.69) is 43.8 Å². The van der Waals surface area contributed by atoms with Crippen molar-refractivity contribution in [2.45, 2.75) is 20.4 Å². The van der Waals surface area contributed by atoms with Crippen LogP contribution in [0.1, 0.15) is 17.0 Å². The summed E-state index contributed by atoms with van der Waals surface area (Å²) in [5, 5.41) is 12.5. The molecule has 0 radical (unpaired) electrons. The summed E-state index contributed by atoms with van der Waals surface area (Å²) >= 11 is 21.1. The first-order valence-corrected chi connectivity index (χ1v) is 10.1. The van der Waals surface area contributed by atoms with Gasteiger partial charge in [0.15, 0.2) is 5.11 Å². The van der Waals surface area contributed by atoms with Crippen molar-refractivity contribution in [3.63, 3.8) is 0 Å². The van der Waals surface area contributed by atoms with Crippen LogP contribution in [0.25, 0.3) is 0 Å². The van der Waals surface area contributed by atoms with Crippen LogP contribution in [0, 0.1) is 13.8 Å². The predicted octanol–water partition coefficient (Wildman–Crippen LogP) is 6.43. The lowest BCUT2D eigenvalue weighted by Gasteiger charge is -2.12. The summed E-state index contributed by atoms with van der Waals surface area (Å²) in [4.78, 5) is 0. The molecular formula is C19H17BrCl2N4S. The zero-order valence-electron chi connectivity index (χ0n) is 14.7. The van der Waals surface area contributed by atoms with Gasteiger partial charge in [-0.15, -0.1) is 0 Å². The van der Waals surface area contributed by atoms with Gasteiger partial charge in [0.05, 0.1) is 34.3 Å². The number of thiocarbonyl (C=S) groups is 1. The van der Waals surface area contributed by atoms with E-state index >= 15 is 0 Å². The van der Waals surface area contributed by atoms with E-state index in [1.807, 2.05) is 30.7 Å². The summed E-state index contributed by atoms with van der Waals surface area (Å²) in [6.07, 6.45) is 0. The molecule has 3 aromatic rings. The van der Waals surface area contributed by atoms with Crippen molar-refractivity contribution in [1.82, 2.24) is 9.78 Å². The molecule has 0 saturated heterocycles. The minimum Gasteiger partial charge on any atom is -0.331 e. The third-order valence-electron chi connectivity index (χ3n) is 4.04. The second kappa shape index (κ2) is 8.61. The fourth-order valence-electron chi connectivity index (χ4n) is 2.65. The SMILES string of the molecule is Cc1nn(Cc2ccc(Br)cc2)c(C)c1NC(=S)Nc1cc(Cl)ccc1Cl. The second-order valence-electron chi connectivity index (χ2n) is 6.03. The Morgan fingerprint density at radius 3 is 2.52 bits per heavy atom. The van der Waals surface area contributed by atoms with Crippen molar-refractivity contribution in [2.24, 2.45) is 0 Å². The average Bonchev–Trinajstić information content (AvgIpc) is 2.87. The van der Waals surface area contributed by atoms with E-state index in [0.29, 0.717) is 27.4 Å². The van der Waals surface area contributed by atoms with Gasteiger partial charge in [-0.1, -0.05) is 51.3 Å². The van der Waals surface area contributed by atoms with E-state index in [1.165, 1.54) is 5.56 Å². The molecule has 2 N–H and O–H groups in total. The van der Waals surface area contributed by atoms with Gasteiger partial charge < -0.3 is 10.6 Å². The largest absolute Gasteiger partial charge is 0.331 e. The summed E-state index contributed by atoms with van der Waals surface area (Å²) in [5.41, 5.74) is 4.56. The third kappa shape index (κ3) is 5.02. The first kappa shape index (κ1) is 20.1. The van der Waals surface area contributed by atoms with Crippen LogP contribution in [-0.4, -0.2) is 14.9 Å². The molecule has 0 aliphatic rings. The molecule has 140 valence electrons. The lowest BCUT2D eigenvalue weighted by molar-refractivity contribution is 0.659. The van der Waals surface area contributed by atoms with Crippen molar-refractivity contribution in [3.8, 4) is 0 Å². The standard InChI is InChI=1S/C19H17BrCl2N4S/c1-11-18(24-19(27)23-17-9-15(21)7-8-16(17)22)12(2)26(25-11)10-13-3-5-14(20)6-4-13/h3-9H,10H2,1-2H3,(H2,23,24,27). The number of nitrogens with zero attached hydrogens (tertiary/aromatic N) is 2. The van der Waals surface area contributed by atoms with Crippen LogP contribution >= 0.6 is 51.3 Å². The summed E-state index contributed by atoms with van der Waals surface area (Å²) < 4.78 is 3.01. The van der Waals surface area contributed by atoms with E-state index in [4.69, 9.17) is 35.4 Å². The predicted molar refractivity (Wildman–Crippen MR) is 121 cm³/mol. The van der Waals surface area contributed by atoms with Gasteiger partial charge in [0.2, 0.25) is 0 Å². The molecule has 27 heavy (non-hydrogen) atoms. The molecule has 2 aromatic carbocycles. The van der Waals surface area contributed by atoms with Crippen LogP contribution in [0.2, 0.25) is 10.0 Å². The van der Waals surface area contributed by atoms with E-state index < -0.39 is 0 Å². The molecule has 0 atom stereocenters. The third-order valence-corrected chi connectivity index (χ3v) is 5.34. The van der Waals surface area contributed by atoms with E-state index in [0.717, 1.165) is 21.5 Å². The van der Waals surface area contributed by atoms with Crippen LogP contribution in [0.15, 0.2) is 46.9 Å². The summed E-state index contributed by atoms with van der Waals surface area (Å²) in [6, 6.07) is 13.4. The van der Waals surface area contributed by atoms with E-state index in [9.17, 15) is 0 Å². The van der Waals surface area contributed by atoms with Gasteiger partial charge in [0.25, 0.3) is 0 Å². The maximum absolute atomic E-state index is 6.18. The number of hydrogen-bond donors (Lipinski definition) is 2. The molecule has 1 heterocycles. The smallest absolute Gasteiger partial charge is 0.175 e. The minimum atomic E-state index is 0.425. The van der Waals surface area contributed by atoms with Crippen molar-refractivity contribution in [2.75, 3.05) is 10.6 Å². The highest BCUT2D eigenvalue weighted by Crippen LogP contribution is 2.26. The molecule has 0 saturated carbocycles. The Labute approximate surface area is 182 Å². The highest BCUT2D eigenvalue weighted by Gasteiger charge is 2.14. The molecule has 0 unspecified atom stereocenters. The molecule has 0 amide bonds. The first-order valence-electron chi connectivity index (χ1n) is 8.15. The highest BCUT2D eigenvalue weighted by atomic mass is 79.9. The van der Waals surface area contributed by atoms with Crippen molar-refractivity contribution < 1.29 is 0 Å². The number of benzene rings is 2. The van der Waals surface area contributed by atoms with Crippen LogP contribution in [0.5, 0.6) is 0 Å². The number of aromatic nitrogens is 2. The normalized spacial score (nSPS) is 10.7. The summed E-state index contributed by atoms with van der Waals surface area (Å²) in [6.45, 7) is 4.64. The lowest BCUT2D eigenvalue weighted by atomic mass is 10.2. The van der Waals surface area contributed by atoms with Crippen molar-refractivity contribution in [3.05, 3.63) is 73.9 Å².